The van der Waals surface area contributed by atoms with Crippen LogP contribution in [-0.2, 0) is 0 Å². The van der Waals surface area contributed by atoms with Crippen LogP contribution >= 0.6 is 0 Å². The normalized spacial score (nSPS) is 10.9. The van der Waals surface area contributed by atoms with Gasteiger partial charge in [0, 0.05) is 0 Å². The first-order valence-corrected chi connectivity index (χ1v) is 8.13. The smallest absolute Gasteiger partial charge is 0.112 e. The molecule has 1 aromatic carbocycles. The van der Waals surface area contributed by atoms with Gasteiger partial charge in [0.25, 0.3) is 0 Å². The summed E-state index contributed by atoms with van der Waals surface area (Å²) < 4.78 is 37.1. The molecule has 20 heavy (non-hydrogen) atoms. The van der Waals surface area contributed by atoms with E-state index in [4.69, 9.17) is 23.9 Å². The zero-order chi connectivity index (χ0) is 15.6. The van der Waals surface area contributed by atoms with Gasteiger partial charge in [-0.2, -0.15) is 0 Å². The second-order valence-corrected chi connectivity index (χ2v) is 6.07. The first-order chi connectivity index (χ1) is 9.24. The molecule has 8 heteroatoms. The molecule has 1 rings (SSSR count). The Morgan fingerprint density at radius 2 is 1.70 bits per heavy atom. The Bertz CT molecular complexity index is 496. The van der Waals surface area contributed by atoms with Gasteiger partial charge in [-0.3, -0.25) is 0 Å². The maximum atomic E-state index is 8.77. The third-order valence-corrected chi connectivity index (χ3v) is 3.17. The largest absolute Gasteiger partial charge is 0.222 e. The van der Waals surface area contributed by atoms with Crippen LogP contribution in [0.25, 0.3) is 4.47 Å². The molecule has 0 bridgehead atoms. The molecule has 1 aromatic rings. The van der Waals surface area contributed by atoms with Crippen LogP contribution in [0, 0.1) is 20.5 Å². The summed E-state index contributed by atoms with van der Waals surface area (Å²) in [4.78, 5) is 2.25. The average Bonchev–Trinajstić information content (AvgIpc) is 2.33. The summed E-state index contributed by atoms with van der Waals surface area (Å²) >= 11 is -0.117. The summed E-state index contributed by atoms with van der Waals surface area (Å²) in [5.41, 5.74) is 1.14. The molecule has 108 valence electrons. The Morgan fingerprint density at radius 3 is 2.10 bits per heavy atom. The van der Waals surface area contributed by atoms with E-state index in [1.807, 2.05) is 61.3 Å². The van der Waals surface area contributed by atoms with Crippen LogP contribution < -0.4 is 18.6 Å². The molecule has 0 aromatic heterocycles. The number of hydrogen-bond acceptors (Lipinski definition) is 5. The molecule has 0 spiro atoms. The van der Waals surface area contributed by atoms with Crippen molar-refractivity contribution in [3.05, 3.63) is 42.0 Å². The van der Waals surface area contributed by atoms with Crippen molar-refractivity contribution in [2.75, 3.05) is 14.1 Å². The molecule has 0 fully saturated rings. The number of nitrogens with zero attached hydrogens (tertiary/aromatic N) is 2. The monoisotopic (exact) mass is 364 g/mol. The molecule has 0 amide bonds. The van der Waals surface area contributed by atoms with Crippen molar-refractivity contribution in [3.63, 3.8) is 0 Å². The maximum Gasteiger partial charge on any atom is -0.112 e. The van der Waals surface area contributed by atoms with Crippen molar-refractivity contribution < 1.29 is 33.5 Å². The van der Waals surface area contributed by atoms with Gasteiger partial charge in [-0.05, 0) is 0 Å². The van der Waals surface area contributed by atoms with E-state index in [0.717, 1.165) is 10.0 Å². The van der Waals surface area contributed by atoms with Gasteiger partial charge in [0.05, 0.1) is 0 Å². The van der Waals surface area contributed by atoms with E-state index in [2.05, 4.69) is 4.97 Å². The van der Waals surface area contributed by atoms with Gasteiger partial charge < -0.3 is 0 Å². The van der Waals surface area contributed by atoms with E-state index in [1.165, 1.54) is 0 Å². The summed E-state index contributed by atoms with van der Waals surface area (Å²) in [6.07, 6.45) is 3.99. The second kappa shape index (κ2) is 9.64. The fourth-order valence-corrected chi connectivity index (χ4v) is 2.07. The number of hydrogen-bond donors (Lipinski definition) is 0. The van der Waals surface area contributed by atoms with Crippen molar-refractivity contribution in [2.45, 2.75) is 0 Å². The molecule has 0 unspecified atom stereocenters. The number of nitriles is 1. The summed E-state index contributed by atoms with van der Waals surface area (Å²) in [5.74, 6) is 0. The van der Waals surface area contributed by atoms with Gasteiger partial charge in [0.2, 0.25) is 0 Å². The fraction of sp³-hybridized carbons (Fsp3) is 0.167. The van der Waals surface area contributed by atoms with Gasteiger partial charge in [-0.15, -0.1) is 10.2 Å². The molecule has 0 aliphatic carbocycles. The standard InChI is InChI=1S/C12H13N2Se.ClHO4/c1-14(2)9-8-12(15-10-13)11-6-4-3-5-7-11;2-1(3,4)5/h3-9H,1-2H3;(H,2,3,4,5)/q+1;/p-1/b12-8-;. The Labute approximate surface area is 125 Å². The quantitative estimate of drug-likeness (QED) is 0.318. The van der Waals surface area contributed by atoms with E-state index in [1.54, 1.807) is 0 Å². The van der Waals surface area contributed by atoms with Crippen molar-refractivity contribution in [1.82, 2.24) is 0 Å². The molecule has 0 radical (unpaired) electrons. The molecule has 0 atom stereocenters. The van der Waals surface area contributed by atoms with E-state index in [-0.39, 0.29) is 15.0 Å². The average molecular weight is 364 g/mol. The van der Waals surface area contributed by atoms with Gasteiger partial charge in [-0.1, -0.05) is 0 Å². The zero-order valence-corrected chi connectivity index (χ0v) is 13.3. The van der Waals surface area contributed by atoms with Crippen molar-refractivity contribution in [3.8, 4) is 4.97 Å². The van der Waals surface area contributed by atoms with E-state index >= 15 is 0 Å². The molecular formula is C12H13ClN2O4Se. The first-order valence-electron chi connectivity index (χ1n) is 5.18. The molecule has 0 aliphatic heterocycles. The Morgan fingerprint density at radius 1 is 1.20 bits per heavy atom. The van der Waals surface area contributed by atoms with Crippen LogP contribution in [0.1, 0.15) is 5.56 Å². The third kappa shape index (κ3) is 11.8. The molecular weight excluding hydrogens is 351 g/mol. The summed E-state index contributed by atoms with van der Waals surface area (Å²) in [6, 6.07) is 10.0. The minimum Gasteiger partial charge on any atom is -0.222 e. The number of rotatable bonds is 3. The first kappa shape index (κ1) is 18.8. The van der Waals surface area contributed by atoms with Gasteiger partial charge >= 0.3 is 96.5 Å². The van der Waals surface area contributed by atoms with E-state index in [9.17, 15) is 0 Å². The second-order valence-electron chi connectivity index (χ2n) is 3.58. The van der Waals surface area contributed by atoms with Gasteiger partial charge in [-0.25, -0.2) is 18.6 Å². The molecule has 0 saturated carbocycles. The van der Waals surface area contributed by atoms with Crippen LogP contribution in [0.4, 0.5) is 0 Å². The van der Waals surface area contributed by atoms with Crippen LogP contribution in [0.3, 0.4) is 0 Å². The van der Waals surface area contributed by atoms with Crippen LogP contribution in [-0.4, -0.2) is 39.8 Å². The predicted octanol–water partition coefficient (Wildman–Crippen LogP) is -3.20. The number of halogens is 1. The molecule has 0 N–H and O–H groups in total. The third-order valence-electron chi connectivity index (χ3n) is 1.74. The van der Waals surface area contributed by atoms with Gasteiger partial charge in [0.15, 0.2) is 0 Å². The summed E-state index contributed by atoms with van der Waals surface area (Å²) in [5, 5.41) is 8.77. The minimum absolute atomic E-state index is 0.117. The SMILES string of the molecule is C[N+](C)=C/C=C(\[Se]C#N)c1ccccc1.[O-][Cl+3]([O-])([O-])[O-]. The van der Waals surface area contributed by atoms with Crippen molar-refractivity contribution in [2.24, 2.45) is 0 Å². The van der Waals surface area contributed by atoms with Gasteiger partial charge in [0.1, 0.15) is 0 Å². The summed E-state index contributed by atoms with van der Waals surface area (Å²) in [6.45, 7) is 0. The van der Waals surface area contributed by atoms with E-state index < -0.39 is 10.2 Å². The molecule has 0 aliphatic rings. The Hall–Kier alpha value is -1.23. The Kier molecular flexibility index (Phi) is 9.05. The summed E-state index contributed by atoms with van der Waals surface area (Å²) in [7, 11) is -1.00. The topological polar surface area (TPSA) is 119 Å². The number of allylic oxidation sites excluding steroid dienone is 1. The fourth-order valence-electron chi connectivity index (χ4n) is 1.06. The van der Waals surface area contributed by atoms with Crippen molar-refractivity contribution >= 4 is 25.6 Å². The number of benzene rings is 1. The molecule has 0 saturated heterocycles. The van der Waals surface area contributed by atoms with Crippen LogP contribution in [0.5, 0.6) is 0 Å². The molecule has 0 heterocycles. The maximum absolute atomic E-state index is 8.77. The predicted molar refractivity (Wildman–Crippen MR) is 64.0 cm³/mol. The van der Waals surface area contributed by atoms with Crippen LogP contribution in [0.15, 0.2) is 36.4 Å². The van der Waals surface area contributed by atoms with Crippen molar-refractivity contribution in [1.29, 1.82) is 5.26 Å². The minimum atomic E-state index is -4.94. The molecule has 6 nitrogen and oxygen atoms in total. The zero-order valence-electron chi connectivity index (χ0n) is 10.9. The Balaban J connectivity index is 0.000000621. The van der Waals surface area contributed by atoms with E-state index in [0.29, 0.717) is 0 Å². The van der Waals surface area contributed by atoms with Crippen LogP contribution in [0.2, 0.25) is 0 Å².